The molecule has 6 rings (SSSR count). The maximum atomic E-state index is 12.7. The fourth-order valence-electron chi connectivity index (χ4n) is 4.34. The number of nitrogens with one attached hydrogen (secondary N) is 2. The third-order valence-electron chi connectivity index (χ3n) is 6.29. The number of anilines is 2. The van der Waals surface area contributed by atoms with Crippen LogP contribution in [0.1, 0.15) is 19.8 Å². The maximum Gasteiger partial charge on any atom is 0.228 e. The number of carbonyl (C=O) groups is 1. The zero-order valence-electron chi connectivity index (χ0n) is 18.5. The van der Waals surface area contributed by atoms with Gasteiger partial charge in [-0.15, -0.1) is 5.10 Å². The molecule has 1 aliphatic carbocycles. The second-order valence-corrected chi connectivity index (χ2v) is 8.65. The van der Waals surface area contributed by atoms with E-state index in [9.17, 15) is 4.79 Å². The Morgan fingerprint density at radius 1 is 1.27 bits per heavy atom. The molecule has 0 bridgehead atoms. The van der Waals surface area contributed by atoms with Crippen molar-refractivity contribution in [1.29, 1.82) is 0 Å². The number of rotatable bonds is 5. The molecular formula is C22H25N9O2. The van der Waals surface area contributed by atoms with Crippen molar-refractivity contribution in [3.05, 3.63) is 30.6 Å². The van der Waals surface area contributed by atoms with Gasteiger partial charge < -0.3 is 15.0 Å². The number of aromatic amines is 1. The first-order valence-corrected chi connectivity index (χ1v) is 11.2. The Morgan fingerprint density at radius 2 is 2.15 bits per heavy atom. The Hall–Kier alpha value is -3.73. The third kappa shape index (κ3) is 3.44. The van der Waals surface area contributed by atoms with Crippen LogP contribution < -0.4 is 10.2 Å². The van der Waals surface area contributed by atoms with Crippen molar-refractivity contribution < 1.29 is 9.53 Å². The van der Waals surface area contributed by atoms with E-state index in [1.165, 1.54) is 0 Å². The summed E-state index contributed by atoms with van der Waals surface area (Å²) in [6.07, 6.45) is 5.26. The average molecular weight is 448 g/mol. The molecule has 1 atom stereocenters. The Labute approximate surface area is 189 Å². The molecule has 2 fully saturated rings. The second-order valence-electron chi connectivity index (χ2n) is 8.65. The highest BCUT2D eigenvalue weighted by molar-refractivity contribution is 6.07. The van der Waals surface area contributed by atoms with E-state index in [2.05, 4.69) is 38.5 Å². The molecule has 0 spiro atoms. The minimum absolute atomic E-state index is 0.00649. The summed E-state index contributed by atoms with van der Waals surface area (Å²) < 4.78 is 9.17. The van der Waals surface area contributed by atoms with Crippen LogP contribution in [0.4, 0.5) is 11.6 Å². The lowest BCUT2D eigenvalue weighted by Gasteiger charge is -2.34. The molecule has 1 saturated heterocycles. The van der Waals surface area contributed by atoms with Crippen molar-refractivity contribution in [1.82, 2.24) is 34.7 Å². The van der Waals surface area contributed by atoms with Crippen molar-refractivity contribution in [3.8, 4) is 17.1 Å². The first-order chi connectivity index (χ1) is 16.1. The van der Waals surface area contributed by atoms with Gasteiger partial charge in [-0.05, 0) is 31.9 Å². The van der Waals surface area contributed by atoms with Crippen molar-refractivity contribution in [2.45, 2.75) is 25.8 Å². The van der Waals surface area contributed by atoms with Gasteiger partial charge in [0.05, 0.1) is 36.5 Å². The van der Waals surface area contributed by atoms with Crippen molar-refractivity contribution >= 4 is 28.6 Å². The number of aromatic nitrogens is 7. The summed E-state index contributed by atoms with van der Waals surface area (Å²) in [7, 11) is 1.90. The molecular weight excluding hydrogens is 422 g/mol. The van der Waals surface area contributed by atoms with Crippen LogP contribution in [0.2, 0.25) is 0 Å². The fourth-order valence-corrected chi connectivity index (χ4v) is 4.34. The lowest BCUT2D eigenvalue weighted by Crippen LogP contribution is -2.44. The van der Waals surface area contributed by atoms with E-state index in [4.69, 9.17) is 14.8 Å². The van der Waals surface area contributed by atoms with Gasteiger partial charge in [0.1, 0.15) is 5.82 Å². The normalized spacial score (nSPS) is 18.7. The highest BCUT2D eigenvalue weighted by Gasteiger charge is 2.32. The number of hydrogen-bond acceptors (Lipinski definition) is 7. The molecule has 2 N–H and O–H groups in total. The van der Waals surface area contributed by atoms with Gasteiger partial charge in [-0.3, -0.25) is 14.6 Å². The van der Waals surface area contributed by atoms with E-state index in [1.54, 1.807) is 17.1 Å². The Kier molecular flexibility index (Phi) is 4.64. The molecule has 2 aliphatic rings. The Morgan fingerprint density at radius 3 is 2.85 bits per heavy atom. The Bertz CT molecular complexity index is 1320. The van der Waals surface area contributed by atoms with Crippen LogP contribution in [0.15, 0.2) is 30.6 Å². The average Bonchev–Trinajstić information content (AvgIpc) is 3.18. The van der Waals surface area contributed by atoms with Crippen LogP contribution in [0.3, 0.4) is 0 Å². The predicted octanol–water partition coefficient (Wildman–Crippen LogP) is 2.12. The predicted molar refractivity (Wildman–Crippen MR) is 122 cm³/mol. The van der Waals surface area contributed by atoms with E-state index < -0.39 is 0 Å². The van der Waals surface area contributed by atoms with Crippen molar-refractivity contribution in [2.75, 3.05) is 30.0 Å². The standard InChI is InChI=1S/C22H25N9O2/c1-13-12-33-10-9-30(13)18-11-15(16-5-8-24-29(16)2)19-20(26-22(32)14-3-4-14)28-31(21(19)25-18)17-6-7-23-27-17/h5-8,11,13-14H,3-4,9-10,12H2,1-2H3,(H,23,27)(H,26,28,32). The van der Waals surface area contributed by atoms with Crippen LogP contribution >= 0.6 is 0 Å². The Balaban J connectivity index is 1.61. The summed E-state index contributed by atoms with van der Waals surface area (Å²) in [5.41, 5.74) is 2.46. The minimum atomic E-state index is -0.00649. The summed E-state index contributed by atoms with van der Waals surface area (Å²) in [5, 5.41) is 20.0. The van der Waals surface area contributed by atoms with Crippen molar-refractivity contribution in [3.63, 3.8) is 0 Å². The van der Waals surface area contributed by atoms with E-state index >= 15 is 0 Å². The molecule has 0 radical (unpaired) electrons. The van der Waals surface area contributed by atoms with Gasteiger partial charge >= 0.3 is 0 Å². The maximum absolute atomic E-state index is 12.7. The topological polar surface area (TPSA) is 119 Å². The van der Waals surface area contributed by atoms with Gasteiger partial charge in [0.25, 0.3) is 0 Å². The monoisotopic (exact) mass is 447 g/mol. The van der Waals surface area contributed by atoms with E-state index in [-0.39, 0.29) is 17.9 Å². The molecule has 170 valence electrons. The van der Waals surface area contributed by atoms with E-state index in [0.29, 0.717) is 30.5 Å². The van der Waals surface area contributed by atoms with Crippen LogP contribution in [0.5, 0.6) is 0 Å². The molecule has 1 amide bonds. The lowest BCUT2D eigenvalue weighted by molar-refractivity contribution is -0.117. The molecule has 11 nitrogen and oxygen atoms in total. The zero-order valence-corrected chi connectivity index (χ0v) is 18.5. The molecule has 1 saturated carbocycles. The van der Waals surface area contributed by atoms with Crippen LogP contribution in [0, 0.1) is 5.92 Å². The highest BCUT2D eigenvalue weighted by atomic mass is 16.5. The quantitative estimate of drug-likeness (QED) is 0.481. The number of H-pyrrole nitrogens is 1. The summed E-state index contributed by atoms with van der Waals surface area (Å²) in [4.78, 5) is 20.0. The summed E-state index contributed by atoms with van der Waals surface area (Å²) in [6.45, 7) is 4.16. The van der Waals surface area contributed by atoms with Gasteiger partial charge in [-0.1, -0.05) is 0 Å². The van der Waals surface area contributed by atoms with Gasteiger partial charge in [-0.25, -0.2) is 4.98 Å². The second kappa shape index (κ2) is 7.69. The van der Waals surface area contributed by atoms with E-state index in [0.717, 1.165) is 41.8 Å². The fraction of sp³-hybridized carbons (Fsp3) is 0.409. The molecule has 4 aromatic rings. The van der Waals surface area contributed by atoms with Gasteiger partial charge in [0.2, 0.25) is 5.91 Å². The number of fused-ring (bicyclic) bond motifs is 1. The molecule has 1 aliphatic heterocycles. The van der Waals surface area contributed by atoms with Gasteiger partial charge in [0.15, 0.2) is 17.3 Å². The van der Waals surface area contributed by atoms with Gasteiger partial charge in [-0.2, -0.15) is 14.9 Å². The molecule has 4 aromatic heterocycles. The van der Waals surface area contributed by atoms with E-state index in [1.807, 2.05) is 23.9 Å². The molecule has 5 heterocycles. The van der Waals surface area contributed by atoms with Crippen LogP contribution in [0.25, 0.3) is 28.1 Å². The number of pyridine rings is 1. The summed E-state index contributed by atoms with van der Waals surface area (Å²) >= 11 is 0. The molecule has 0 aromatic carbocycles. The molecule has 11 heteroatoms. The van der Waals surface area contributed by atoms with Crippen molar-refractivity contribution in [2.24, 2.45) is 13.0 Å². The molecule has 33 heavy (non-hydrogen) atoms. The number of hydrogen-bond donors (Lipinski definition) is 2. The zero-order chi connectivity index (χ0) is 22.5. The first kappa shape index (κ1) is 19.9. The van der Waals surface area contributed by atoms with Crippen LogP contribution in [-0.2, 0) is 16.6 Å². The number of amides is 1. The first-order valence-electron chi connectivity index (χ1n) is 11.2. The highest BCUT2D eigenvalue weighted by Crippen LogP contribution is 2.38. The third-order valence-corrected chi connectivity index (χ3v) is 6.29. The molecule has 1 unspecified atom stereocenters. The lowest BCUT2D eigenvalue weighted by atomic mass is 10.1. The van der Waals surface area contributed by atoms with Gasteiger partial charge in [0, 0.05) is 37.3 Å². The number of aryl methyl sites for hydroxylation is 1. The minimum Gasteiger partial charge on any atom is -0.377 e. The number of ether oxygens (including phenoxy) is 1. The number of morpholine rings is 1. The number of carbonyl (C=O) groups excluding carboxylic acids is 1. The SMILES string of the molecule is CC1COCCN1c1cc(-c2ccnn2C)c2c(NC(=O)C3CC3)nn(-c3ccn[nH]3)c2n1. The van der Waals surface area contributed by atoms with Crippen LogP contribution in [-0.4, -0.2) is 66.4 Å². The summed E-state index contributed by atoms with van der Waals surface area (Å²) in [5.74, 6) is 2.03. The smallest absolute Gasteiger partial charge is 0.228 e. The summed E-state index contributed by atoms with van der Waals surface area (Å²) in [6, 6.07) is 6.03. The number of nitrogens with zero attached hydrogens (tertiary/aromatic N) is 7. The largest absolute Gasteiger partial charge is 0.377 e.